The minimum atomic E-state index is -1.81. The molecule has 11 atom stereocenters. The number of carbonyl (C=O) groups is 20. The molecule has 20 amide bonds. The van der Waals surface area contributed by atoms with Crippen molar-refractivity contribution in [1.82, 2.24) is 106 Å². The van der Waals surface area contributed by atoms with Crippen molar-refractivity contribution in [2.24, 2.45) is 52.8 Å². The Balaban J connectivity index is 2.27. The average molecular weight is 2140 g/mol. The van der Waals surface area contributed by atoms with E-state index in [4.69, 9.17) is 4.74 Å². The molecule has 0 bridgehead atoms. The second kappa shape index (κ2) is 58.8. The Morgan fingerprint density at radius 3 is 0.779 bits per heavy atom. The van der Waals surface area contributed by atoms with E-state index in [2.05, 4.69) is 106 Å². The predicted molar refractivity (Wildman–Crippen MR) is 579 cm³/mol. The van der Waals surface area contributed by atoms with Crippen LogP contribution in [-0.4, -0.2) is 253 Å². The maximum absolute atomic E-state index is 14.6. The number of nitrogens with one attached hydrogen (secondary N) is 20. The first-order valence-corrected chi connectivity index (χ1v) is 55.0. The molecule has 1 heterocycles. The number of amides is 20. The molecule has 0 saturated carbocycles. The van der Waals surface area contributed by atoms with E-state index in [1.807, 2.05) is 49.3 Å². The van der Waals surface area contributed by atoms with Crippen molar-refractivity contribution in [3.63, 3.8) is 0 Å². The monoisotopic (exact) mass is 2140 g/mol. The first-order chi connectivity index (χ1) is 68.1. The average Bonchev–Trinajstić information content (AvgIpc) is 1.38. The second-order valence-electron chi connectivity index (χ2n) is 48.5. The number of ether oxygens (including phenoxy) is 1. The fourth-order valence-electron chi connectivity index (χ4n) is 15.8. The Labute approximate surface area is 893 Å². The molecule has 1 aliphatic carbocycles. The highest BCUT2D eigenvalue weighted by atomic mass is 33.1. The molecule has 43 heteroatoms. The topological polar surface area (TPSA) is 591 Å². The van der Waals surface area contributed by atoms with Crippen molar-refractivity contribution in [3.8, 4) is 0 Å². The van der Waals surface area contributed by atoms with Gasteiger partial charge in [-0.05, 0) is 263 Å². The van der Waals surface area contributed by atoms with Gasteiger partial charge in [0.15, 0.2) is 0 Å². The summed E-state index contributed by atoms with van der Waals surface area (Å²) in [5.41, 5.74) is -16.3. The van der Waals surface area contributed by atoms with Crippen LogP contribution in [0.5, 0.6) is 0 Å². The quantitative estimate of drug-likeness (QED) is 0.0168. The van der Waals surface area contributed by atoms with Gasteiger partial charge in [-0.1, -0.05) is 170 Å². The highest BCUT2D eigenvalue weighted by molar-refractivity contribution is 8.77. The van der Waals surface area contributed by atoms with Crippen LogP contribution in [0.15, 0.2) is 24.3 Å². The van der Waals surface area contributed by atoms with E-state index < -0.39 is 222 Å². The van der Waals surface area contributed by atoms with Crippen LogP contribution in [0, 0.1) is 52.8 Å². The van der Waals surface area contributed by atoms with Crippen LogP contribution >= 0.6 is 21.6 Å². The molecule has 0 spiro atoms. The van der Waals surface area contributed by atoms with Gasteiger partial charge in [0, 0.05) is 30.6 Å². The number of hydrogen-bond acceptors (Lipinski definition) is 23. The highest BCUT2D eigenvalue weighted by Crippen LogP contribution is 2.40. The van der Waals surface area contributed by atoms with Crippen LogP contribution in [0.1, 0.15) is 339 Å². The third kappa shape index (κ3) is 47.0. The van der Waals surface area contributed by atoms with Crippen molar-refractivity contribution >= 4 is 140 Å². The van der Waals surface area contributed by atoms with Crippen molar-refractivity contribution in [3.05, 3.63) is 24.3 Å². The summed E-state index contributed by atoms with van der Waals surface area (Å²) in [5.74, 6) is -15.2. The number of unbranched alkanes of at least 4 members (excludes halogenated alkanes) is 2. The van der Waals surface area contributed by atoms with Crippen LogP contribution in [-0.2, 0) is 95.8 Å². The number of rotatable bonds is 61. The SMILES string of the molecule is CC(C)C[C@H](NC(=O)[C@H](C)NC(=O)C1(C(=O)NCCNC(=O)OC(C)(C)C)C=CC=CC1)C(=O)NC(C)(C)C(=O)N[C@@H](CC(C)C)C(=O)NC(C)(C)C(=O)N[C@@H](CC(C)C)C(=O)NC(C)(C)C(=O)N[C@@H](CC(C)C)C(=O)NC(C)(C)C(=O)N[C@@H](CC(C)C)C(=O)NC(C)(C)C(=O)N[C@@H](CC(C)C)C(=O)NC(C)(C)C(=O)N[C@@H](CC(C)C)C(=O)NC(C)(C)C(=O)N[C@@H](CC(C)C)C(=O)NC(C)(C)C(=O)NCCCCCC1CCSS1. The van der Waals surface area contributed by atoms with E-state index in [0.29, 0.717) is 11.8 Å². The molecule has 1 saturated heterocycles. The Morgan fingerprint density at radius 1 is 0.289 bits per heavy atom. The van der Waals surface area contributed by atoms with Crippen LogP contribution in [0.4, 0.5) is 4.79 Å². The Morgan fingerprint density at radius 2 is 0.544 bits per heavy atom. The summed E-state index contributed by atoms with van der Waals surface area (Å²) in [4.78, 5) is 284. The van der Waals surface area contributed by atoms with Gasteiger partial charge in [0.1, 0.15) is 110 Å². The molecule has 41 nitrogen and oxygen atoms in total. The molecule has 0 aromatic heterocycles. The lowest BCUT2D eigenvalue weighted by atomic mass is 9.79. The molecular weight excluding hydrogens is 1950 g/mol. The first kappa shape index (κ1) is 134. The number of hydrogen-bond donors (Lipinski definition) is 20. The maximum Gasteiger partial charge on any atom is 0.407 e. The highest BCUT2D eigenvalue weighted by Gasteiger charge is 2.49. The van der Waals surface area contributed by atoms with Crippen molar-refractivity contribution in [2.45, 2.75) is 449 Å². The summed E-state index contributed by atoms with van der Waals surface area (Å²) >= 11 is 0. The molecule has 1 fully saturated rings. The second-order valence-corrected chi connectivity index (χ2v) is 51.3. The van der Waals surface area contributed by atoms with Gasteiger partial charge in [-0.25, -0.2) is 4.79 Å². The fraction of sp³-hybridized carbons (Fsp3) is 0.774. The van der Waals surface area contributed by atoms with Gasteiger partial charge in [-0.3, -0.25) is 91.1 Å². The summed E-state index contributed by atoms with van der Waals surface area (Å²) in [6.07, 6.45) is 11.0. The van der Waals surface area contributed by atoms with Gasteiger partial charge in [0.25, 0.3) is 0 Å². The zero-order chi connectivity index (χ0) is 115. The summed E-state index contributed by atoms with van der Waals surface area (Å²) in [7, 11) is 3.84. The molecule has 2 aliphatic rings. The lowest BCUT2D eigenvalue weighted by Gasteiger charge is -2.35. The minimum Gasteiger partial charge on any atom is -0.444 e. The number of carbonyl (C=O) groups excluding carboxylic acids is 20. The smallest absolute Gasteiger partial charge is 0.407 e. The van der Waals surface area contributed by atoms with Gasteiger partial charge in [-0.2, -0.15) is 0 Å². The van der Waals surface area contributed by atoms with E-state index in [-0.39, 0.29) is 124 Å². The van der Waals surface area contributed by atoms with Gasteiger partial charge < -0.3 is 111 Å². The summed E-state index contributed by atoms with van der Waals surface area (Å²) in [6.45, 7) is 58.3. The van der Waals surface area contributed by atoms with E-state index in [1.165, 1.54) is 128 Å². The van der Waals surface area contributed by atoms with E-state index >= 15 is 0 Å². The molecular formula is C106H186N20O21S2. The third-order valence-corrected chi connectivity index (χ3v) is 27.6. The summed E-state index contributed by atoms with van der Waals surface area (Å²) in [6, 6.07) is -11.6. The molecule has 1 aliphatic heterocycles. The van der Waals surface area contributed by atoms with Gasteiger partial charge >= 0.3 is 6.09 Å². The van der Waals surface area contributed by atoms with Crippen molar-refractivity contribution in [2.75, 3.05) is 25.4 Å². The van der Waals surface area contributed by atoms with Crippen LogP contribution < -0.4 is 106 Å². The van der Waals surface area contributed by atoms with Crippen LogP contribution in [0.2, 0.25) is 0 Å². The van der Waals surface area contributed by atoms with E-state index in [1.54, 1.807) is 130 Å². The summed E-state index contributed by atoms with van der Waals surface area (Å²) in [5, 5.41) is 55.0. The molecule has 20 N–H and O–H groups in total. The zero-order valence-corrected chi connectivity index (χ0v) is 97.5. The molecule has 2 unspecified atom stereocenters. The molecule has 2 rings (SSSR count). The molecule has 0 radical (unpaired) electrons. The molecule has 0 aromatic carbocycles. The first-order valence-electron chi connectivity index (χ1n) is 52.7. The maximum atomic E-state index is 14.6. The molecule has 0 aromatic rings. The predicted octanol–water partition coefficient (Wildman–Crippen LogP) is 6.87. The van der Waals surface area contributed by atoms with Gasteiger partial charge in [0.05, 0.1) is 0 Å². The summed E-state index contributed by atoms with van der Waals surface area (Å²) < 4.78 is 5.24. The van der Waals surface area contributed by atoms with Crippen LogP contribution in [0.25, 0.3) is 0 Å². The normalized spacial score (nSPS) is 16.6. The van der Waals surface area contributed by atoms with E-state index in [9.17, 15) is 95.9 Å². The Hall–Kier alpha value is -10.6. The van der Waals surface area contributed by atoms with Crippen LogP contribution in [0.3, 0.4) is 0 Å². The molecule has 149 heavy (non-hydrogen) atoms. The number of alkyl carbamates (subject to hydrolysis) is 1. The zero-order valence-electron chi connectivity index (χ0n) is 95.8. The van der Waals surface area contributed by atoms with Gasteiger partial charge in [0.2, 0.25) is 112 Å². The minimum absolute atomic E-state index is 0.0128. The Kier molecular flexibility index (Phi) is 53.1. The number of allylic oxidation sites excluding steroid dienone is 3. The lowest BCUT2D eigenvalue weighted by molar-refractivity contribution is -0.142. The largest absolute Gasteiger partial charge is 0.444 e. The van der Waals surface area contributed by atoms with Crippen molar-refractivity contribution < 1.29 is 101 Å². The lowest BCUT2D eigenvalue weighted by Crippen LogP contribution is -2.66. The third-order valence-electron chi connectivity index (χ3n) is 24.6. The molecule has 848 valence electrons. The Bertz CT molecular complexity index is 4660. The van der Waals surface area contributed by atoms with Gasteiger partial charge in [-0.15, -0.1) is 0 Å². The standard InChI is InChI=1S/C106H186N20O21S2/c1-59(2)51-69(111-77(127)67(17)110-95(145)106(45-40-38-41-46-106)94(144)108-48-49-109-96(146)147-97(18,19)20)78(128)120-99(23,24)87(137)113-71(53-61(5)6)80(130)122-101(27,28)89(139)115-73(55-63(9)10)82(132)124-103(31,32)91(141)117-75(57-65(13)14)84(134)126-105(35,36)93(143)118-76(58-66(15)16)85(135)125-104(33,34)92(142)116-74(56-64(11)12)83(133)123-102(29,30)90(140)114-72(54-62(7)8)81(131)121-100(25,26)88(138)112-70(52-60(3)4)79(129)119-98(21,22)86(136)107-47-42-37-39-43-68-44-50-148-149-68/h38,40-41,45,59-76H,37,39,42-44,46-58H2,1-36H3,(H,107,136)(H,108,144)(H,109,146)(H,110,145)(H,111,127)(H,112,138)(H,113,137)(H,114,140)(H,115,139)(H,116,142)(H,117,141)(H,118,143)(H,119,129)(H,120,128)(H,121,131)(H,122,130)(H,123,133)(H,124,132)(H,125,135)(H,126,134)/t67-,68?,69-,70-,71-,72-,73-,74-,75-,76-,106?/m0/s1. The fourth-order valence-corrected chi connectivity index (χ4v) is 18.9. The van der Waals surface area contributed by atoms with Crippen molar-refractivity contribution in [1.29, 1.82) is 0 Å². The van der Waals surface area contributed by atoms with E-state index in [0.717, 1.165) is 25.7 Å².